The summed E-state index contributed by atoms with van der Waals surface area (Å²) in [7, 11) is 0. The third-order valence-electron chi connectivity index (χ3n) is 5.51. The minimum Gasteiger partial charge on any atom is -0.0885 e. The minimum absolute atomic E-state index is 0.348. The molecule has 19 heavy (non-hydrogen) atoms. The Bertz CT molecular complexity index is 453. The van der Waals surface area contributed by atoms with Gasteiger partial charge in [-0.05, 0) is 60.8 Å². The molecule has 0 aromatic carbocycles. The summed E-state index contributed by atoms with van der Waals surface area (Å²) in [6.45, 7) is 9.54. The Labute approximate surface area is 118 Å². The van der Waals surface area contributed by atoms with Crippen LogP contribution in [0, 0.1) is 23.2 Å². The van der Waals surface area contributed by atoms with Gasteiger partial charge in [0.15, 0.2) is 0 Å². The Morgan fingerprint density at radius 1 is 1.16 bits per heavy atom. The smallest absolute Gasteiger partial charge is 0.00911 e. The fourth-order valence-electron chi connectivity index (χ4n) is 4.23. The van der Waals surface area contributed by atoms with E-state index in [1.54, 1.807) is 11.1 Å². The molecule has 0 fully saturated rings. The summed E-state index contributed by atoms with van der Waals surface area (Å²) >= 11 is 0. The first kappa shape index (κ1) is 13.2. The van der Waals surface area contributed by atoms with Gasteiger partial charge in [-0.2, -0.15) is 0 Å². The van der Waals surface area contributed by atoms with E-state index in [9.17, 15) is 0 Å². The second-order valence-electron chi connectivity index (χ2n) is 7.86. The highest BCUT2D eigenvalue weighted by Gasteiger charge is 2.39. The van der Waals surface area contributed by atoms with Gasteiger partial charge in [0.25, 0.3) is 0 Å². The van der Waals surface area contributed by atoms with Crippen molar-refractivity contribution in [2.45, 2.75) is 59.8 Å². The first-order valence-corrected chi connectivity index (χ1v) is 8.06. The van der Waals surface area contributed by atoms with Gasteiger partial charge in [-0.25, -0.2) is 0 Å². The van der Waals surface area contributed by atoms with Crippen LogP contribution in [-0.4, -0.2) is 0 Å². The molecule has 0 nitrogen and oxygen atoms in total. The van der Waals surface area contributed by atoms with E-state index in [-0.39, 0.29) is 0 Å². The minimum atomic E-state index is 0.348. The summed E-state index contributed by atoms with van der Waals surface area (Å²) in [5.74, 6) is 2.60. The number of rotatable bonds is 1. The van der Waals surface area contributed by atoms with Crippen LogP contribution in [0.25, 0.3) is 0 Å². The molecule has 3 aliphatic rings. The van der Waals surface area contributed by atoms with Crippen molar-refractivity contribution >= 4 is 0 Å². The second kappa shape index (κ2) is 4.65. The molecule has 0 aromatic rings. The standard InChI is InChI=1S/C19H28/c1-13-10-17(14-8-6-5-7-9-14)18-12-15(11-16(13)18)19(2,3)4/h5-6,11,13-14,17H,7-10,12H2,1-4H3. The summed E-state index contributed by atoms with van der Waals surface area (Å²) in [4.78, 5) is 0. The van der Waals surface area contributed by atoms with Crippen molar-refractivity contribution in [3.63, 3.8) is 0 Å². The zero-order valence-electron chi connectivity index (χ0n) is 13.0. The van der Waals surface area contributed by atoms with Gasteiger partial charge in [-0.15, -0.1) is 0 Å². The fourth-order valence-corrected chi connectivity index (χ4v) is 4.23. The first-order chi connectivity index (χ1) is 8.97. The lowest BCUT2D eigenvalue weighted by Gasteiger charge is -2.29. The van der Waals surface area contributed by atoms with Crippen LogP contribution in [0.3, 0.4) is 0 Å². The molecule has 0 saturated carbocycles. The Hall–Kier alpha value is -0.780. The summed E-state index contributed by atoms with van der Waals surface area (Å²) in [5.41, 5.74) is 5.55. The van der Waals surface area contributed by atoms with E-state index in [0.717, 1.165) is 17.8 Å². The molecule has 0 radical (unpaired) electrons. The van der Waals surface area contributed by atoms with Gasteiger partial charge in [0.1, 0.15) is 0 Å². The highest BCUT2D eigenvalue weighted by molar-refractivity contribution is 5.46. The maximum atomic E-state index is 2.55. The predicted octanol–water partition coefficient (Wildman–Crippen LogP) is 5.67. The number of allylic oxidation sites excluding steroid dienone is 6. The Kier molecular flexibility index (Phi) is 3.23. The predicted molar refractivity (Wildman–Crippen MR) is 82.9 cm³/mol. The molecule has 0 aliphatic heterocycles. The molecule has 0 spiro atoms. The highest BCUT2D eigenvalue weighted by atomic mass is 14.4. The number of hydrogen-bond donors (Lipinski definition) is 0. The van der Waals surface area contributed by atoms with Crippen molar-refractivity contribution in [1.82, 2.24) is 0 Å². The van der Waals surface area contributed by atoms with Crippen LogP contribution in [0.4, 0.5) is 0 Å². The van der Waals surface area contributed by atoms with E-state index in [2.05, 4.69) is 45.9 Å². The molecule has 3 atom stereocenters. The Morgan fingerprint density at radius 3 is 2.58 bits per heavy atom. The molecule has 0 bridgehead atoms. The van der Waals surface area contributed by atoms with Crippen LogP contribution in [0.5, 0.6) is 0 Å². The monoisotopic (exact) mass is 256 g/mol. The second-order valence-corrected chi connectivity index (χ2v) is 7.86. The van der Waals surface area contributed by atoms with E-state index >= 15 is 0 Å². The summed E-state index contributed by atoms with van der Waals surface area (Å²) in [5, 5.41) is 0. The molecule has 0 saturated heterocycles. The molecule has 0 heterocycles. The van der Waals surface area contributed by atoms with Gasteiger partial charge >= 0.3 is 0 Å². The summed E-state index contributed by atoms with van der Waals surface area (Å²) in [6.07, 6.45) is 14.1. The molecule has 3 rings (SSSR count). The molecule has 3 aliphatic carbocycles. The molecule has 0 aromatic heterocycles. The van der Waals surface area contributed by atoms with Crippen molar-refractivity contribution in [1.29, 1.82) is 0 Å². The first-order valence-electron chi connectivity index (χ1n) is 8.06. The van der Waals surface area contributed by atoms with E-state index in [4.69, 9.17) is 0 Å². The topological polar surface area (TPSA) is 0 Å². The van der Waals surface area contributed by atoms with Gasteiger partial charge in [0, 0.05) is 0 Å². The lowest BCUT2D eigenvalue weighted by molar-refractivity contribution is 0.324. The Balaban J connectivity index is 1.81. The van der Waals surface area contributed by atoms with Crippen molar-refractivity contribution in [2.75, 3.05) is 0 Å². The van der Waals surface area contributed by atoms with Crippen molar-refractivity contribution in [3.8, 4) is 0 Å². The molecule has 0 heteroatoms. The van der Waals surface area contributed by atoms with Crippen LogP contribution >= 0.6 is 0 Å². The van der Waals surface area contributed by atoms with Crippen LogP contribution in [0.2, 0.25) is 0 Å². The third kappa shape index (κ3) is 2.35. The maximum Gasteiger partial charge on any atom is -0.00911 e. The van der Waals surface area contributed by atoms with E-state index in [1.807, 2.05) is 5.57 Å². The normalized spacial score (nSPS) is 34.7. The zero-order valence-corrected chi connectivity index (χ0v) is 13.0. The van der Waals surface area contributed by atoms with Crippen molar-refractivity contribution in [3.05, 3.63) is 34.9 Å². The molecule has 3 unspecified atom stereocenters. The third-order valence-corrected chi connectivity index (χ3v) is 5.51. The molecular formula is C19H28. The van der Waals surface area contributed by atoms with Crippen molar-refractivity contribution < 1.29 is 0 Å². The highest BCUT2D eigenvalue weighted by Crippen LogP contribution is 2.52. The number of hydrogen-bond acceptors (Lipinski definition) is 0. The van der Waals surface area contributed by atoms with Gasteiger partial charge in [0.05, 0.1) is 0 Å². The van der Waals surface area contributed by atoms with Crippen molar-refractivity contribution in [2.24, 2.45) is 23.2 Å². The lowest BCUT2D eigenvalue weighted by Crippen LogP contribution is -2.18. The molecular weight excluding hydrogens is 228 g/mol. The fraction of sp³-hybridized carbons (Fsp3) is 0.684. The SMILES string of the molecule is CC1CC(C2CC=CCC2)C2=C1C=C(C(C)(C)C)C2. The average molecular weight is 256 g/mol. The maximum absolute atomic E-state index is 2.55. The largest absolute Gasteiger partial charge is 0.0885 e. The quantitative estimate of drug-likeness (QED) is 0.530. The Morgan fingerprint density at radius 2 is 1.95 bits per heavy atom. The lowest BCUT2D eigenvalue weighted by atomic mass is 9.76. The van der Waals surface area contributed by atoms with Gasteiger partial charge in [-0.1, -0.05) is 57.1 Å². The van der Waals surface area contributed by atoms with E-state index in [1.165, 1.54) is 32.1 Å². The van der Waals surface area contributed by atoms with E-state index in [0.29, 0.717) is 5.41 Å². The molecule has 0 N–H and O–H groups in total. The van der Waals surface area contributed by atoms with Gasteiger partial charge < -0.3 is 0 Å². The summed E-state index contributed by atoms with van der Waals surface area (Å²) < 4.78 is 0. The zero-order chi connectivity index (χ0) is 13.6. The van der Waals surface area contributed by atoms with Gasteiger partial charge in [-0.3, -0.25) is 0 Å². The van der Waals surface area contributed by atoms with Crippen LogP contribution in [0.15, 0.2) is 34.9 Å². The van der Waals surface area contributed by atoms with E-state index < -0.39 is 0 Å². The summed E-state index contributed by atoms with van der Waals surface area (Å²) in [6, 6.07) is 0. The average Bonchev–Trinajstić information content (AvgIpc) is 2.91. The van der Waals surface area contributed by atoms with Crippen LogP contribution in [-0.2, 0) is 0 Å². The molecule has 104 valence electrons. The van der Waals surface area contributed by atoms with Gasteiger partial charge in [0.2, 0.25) is 0 Å². The van der Waals surface area contributed by atoms with Crippen LogP contribution < -0.4 is 0 Å². The van der Waals surface area contributed by atoms with Crippen LogP contribution in [0.1, 0.15) is 59.8 Å². The molecule has 0 amide bonds.